The fourth-order valence-corrected chi connectivity index (χ4v) is 5.01. The van der Waals surface area contributed by atoms with E-state index in [1.807, 2.05) is 12.1 Å². The molecule has 0 saturated carbocycles. The second-order valence-corrected chi connectivity index (χ2v) is 12.9. The summed E-state index contributed by atoms with van der Waals surface area (Å²) < 4.78 is 32.1. The quantitative estimate of drug-likeness (QED) is 0.0331. The van der Waals surface area contributed by atoms with Crippen molar-refractivity contribution in [1.29, 1.82) is 0 Å². The second-order valence-electron chi connectivity index (χ2n) is 12.9. The molecule has 3 N–H and O–H groups in total. The van der Waals surface area contributed by atoms with Gasteiger partial charge in [0, 0.05) is 51.9 Å². The maximum Gasteiger partial charge on any atom is 0.308 e. The molecule has 298 valence electrons. The minimum atomic E-state index is -0.585. The molecule has 0 unspecified atom stereocenters. The van der Waals surface area contributed by atoms with Crippen LogP contribution in [0.1, 0.15) is 78.2 Å². The molecule has 0 aliphatic heterocycles. The molecule has 0 heterocycles. The lowest BCUT2D eigenvalue weighted by Crippen LogP contribution is -2.26. The third-order valence-corrected chi connectivity index (χ3v) is 7.29. The minimum absolute atomic E-state index is 0.0248. The summed E-state index contributed by atoms with van der Waals surface area (Å²) in [6, 6.07) is 5.44. The number of benzene rings is 1. The van der Waals surface area contributed by atoms with Crippen LogP contribution < -0.4 is 15.4 Å². The SMILES string of the molecule is CC(=O)Oc1ccc(C[C@H](C)CC(C)C)cc1NC(=O)CCOCCCC(=O)C#CC(=O)NCCOCCOCCOCCC(=O)CCCOCCO. The van der Waals surface area contributed by atoms with E-state index in [0.29, 0.717) is 82.8 Å². The normalized spacial score (nSPS) is 11.4. The van der Waals surface area contributed by atoms with Crippen LogP contribution in [0.2, 0.25) is 0 Å². The Hall–Kier alpha value is -3.71. The van der Waals surface area contributed by atoms with Gasteiger partial charge in [-0.3, -0.25) is 24.0 Å². The van der Waals surface area contributed by atoms with E-state index >= 15 is 0 Å². The first kappa shape index (κ1) is 47.3. The number of esters is 1. The van der Waals surface area contributed by atoms with Crippen molar-refractivity contribution in [2.24, 2.45) is 11.8 Å². The van der Waals surface area contributed by atoms with Gasteiger partial charge in [0.2, 0.25) is 11.7 Å². The van der Waals surface area contributed by atoms with E-state index in [2.05, 4.69) is 43.2 Å². The standard InChI is InChI=1S/C39H60N2O12/c1-30(2)27-31(3)28-33-9-11-37(53-32(4)43)36(29-33)41-39(47)14-20-48-17-5-7-34(44)10-12-38(46)40-15-21-51-24-26-52-25-23-50-19-13-35(45)8-6-18-49-22-16-42/h9,11,29-31,42H,5-8,13-28H2,1-4H3,(H,40,46)(H,41,47)/t31-/m1/s1. The van der Waals surface area contributed by atoms with Gasteiger partial charge in [-0.2, -0.15) is 0 Å². The Labute approximate surface area is 314 Å². The van der Waals surface area contributed by atoms with Gasteiger partial charge in [0.05, 0.1) is 71.6 Å². The van der Waals surface area contributed by atoms with Crippen molar-refractivity contribution < 1.29 is 57.5 Å². The average molecular weight is 749 g/mol. The Morgan fingerprint density at radius 1 is 0.736 bits per heavy atom. The summed E-state index contributed by atoms with van der Waals surface area (Å²) in [5, 5.41) is 14.0. The molecule has 0 aromatic heterocycles. The highest BCUT2D eigenvalue weighted by Gasteiger charge is 2.14. The van der Waals surface area contributed by atoms with Crippen molar-refractivity contribution in [1.82, 2.24) is 5.32 Å². The first-order valence-electron chi connectivity index (χ1n) is 18.4. The van der Waals surface area contributed by atoms with Crippen LogP contribution in [0.5, 0.6) is 5.75 Å². The molecule has 0 aliphatic rings. The number of hydrogen-bond donors (Lipinski definition) is 3. The van der Waals surface area contributed by atoms with Crippen LogP contribution in [0.4, 0.5) is 5.69 Å². The zero-order valence-electron chi connectivity index (χ0n) is 32.0. The number of aliphatic hydroxyl groups excluding tert-OH is 1. The Morgan fingerprint density at radius 2 is 1.36 bits per heavy atom. The van der Waals surface area contributed by atoms with Crippen molar-refractivity contribution in [3.63, 3.8) is 0 Å². The number of nitrogens with one attached hydrogen (secondary N) is 2. The second kappa shape index (κ2) is 30.7. The summed E-state index contributed by atoms with van der Waals surface area (Å²) in [4.78, 5) is 59.8. The van der Waals surface area contributed by atoms with Gasteiger partial charge >= 0.3 is 5.97 Å². The summed E-state index contributed by atoms with van der Waals surface area (Å²) in [7, 11) is 0. The van der Waals surface area contributed by atoms with Crippen LogP contribution in [0.15, 0.2) is 18.2 Å². The smallest absolute Gasteiger partial charge is 0.308 e. The number of ether oxygens (including phenoxy) is 6. The third kappa shape index (κ3) is 27.5. The Kier molecular flexibility index (Phi) is 27.4. The van der Waals surface area contributed by atoms with Gasteiger partial charge in [-0.15, -0.1) is 0 Å². The van der Waals surface area contributed by atoms with Crippen LogP contribution in [0.3, 0.4) is 0 Å². The molecule has 1 rings (SSSR count). The van der Waals surface area contributed by atoms with E-state index in [4.69, 9.17) is 33.5 Å². The van der Waals surface area contributed by atoms with Gasteiger partial charge in [0.1, 0.15) is 5.78 Å². The number of aliphatic hydroxyl groups is 1. The minimum Gasteiger partial charge on any atom is -0.424 e. The lowest BCUT2D eigenvalue weighted by Gasteiger charge is -2.16. The monoisotopic (exact) mass is 748 g/mol. The number of carbonyl (C=O) groups is 5. The van der Waals surface area contributed by atoms with Crippen LogP contribution in [-0.2, 0) is 54.1 Å². The van der Waals surface area contributed by atoms with Crippen LogP contribution >= 0.6 is 0 Å². The maximum absolute atomic E-state index is 12.6. The molecule has 0 aliphatic carbocycles. The van der Waals surface area contributed by atoms with Gasteiger partial charge in [-0.1, -0.05) is 26.8 Å². The molecule has 1 aromatic carbocycles. The van der Waals surface area contributed by atoms with Gasteiger partial charge in [-0.25, -0.2) is 0 Å². The fourth-order valence-electron chi connectivity index (χ4n) is 5.01. The van der Waals surface area contributed by atoms with Crippen LogP contribution in [0, 0.1) is 23.7 Å². The van der Waals surface area contributed by atoms with E-state index in [9.17, 15) is 24.0 Å². The van der Waals surface area contributed by atoms with Crippen molar-refractivity contribution in [3.05, 3.63) is 23.8 Å². The number of carbonyl (C=O) groups excluding carboxylic acids is 5. The van der Waals surface area contributed by atoms with E-state index in [1.54, 1.807) is 6.07 Å². The number of rotatable bonds is 31. The van der Waals surface area contributed by atoms with E-state index < -0.39 is 17.7 Å². The van der Waals surface area contributed by atoms with Crippen molar-refractivity contribution in [2.45, 2.75) is 79.1 Å². The van der Waals surface area contributed by atoms with E-state index in [1.165, 1.54) is 6.92 Å². The summed E-state index contributed by atoms with van der Waals surface area (Å²) >= 11 is 0. The van der Waals surface area contributed by atoms with E-state index in [0.717, 1.165) is 18.4 Å². The molecule has 53 heavy (non-hydrogen) atoms. The maximum atomic E-state index is 12.6. The molecule has 14 nitrogen and oxygen atoms in total. The lowest BCUT2D eigenvalue weighted by molar-refractivity contribution is -0.132. The summed E-state index contributed by atoms with van der Waals surface area (Å²) in [6.45, 7) is 11.2. The van der Waals surface area contributed by atoms with Crippen molar-refractivity contribution in [2.75, 3.05) is 84.5 Å². The number of Topliss-reactive ketones (excluding diaryl/α,β-unsaturated/α-hetero) is 2. The highest BCUT2D eigenvalue weighted by Crippen LogP contribution is 2.28. The molecular weight excluding hydrogens is 688 g/mol. The summed E-state index contributed by atoms with van der Waals surface area (Å²) in [6.07, 6.45) is 3.87. The van der Waals surface area contributed by atoms with Gasteiger partial charge in [0.15, 0.2) is 5.75 Å². The van der Waals surface area contributed by atoms with E-state index in [-0.39, 0.29) is 69.9 Å². The molecule has 0 fully saturated rings. The molecule has 1 aromatic rings. The summed E-state index contributed by atoms with van der Waals surface area (Å²) in [5.41, 5.74) is 1.47. The Balaban J connectivity index is 2.11. The van der Waals surface area contributed by atoms with Gasteiger partial charge in [0.25, 0.3) is 5.91 Å². The highest BCUT2D eigenvalue weighted by atomic mass is 16.5. The first-order chi connectivity index (χ1) is 25.5. The molecule has 14 heteroatoms. The molecule has 0 spiro atoms. The number of anilines is 1. The Morgan fingerprint density at radius 3 is 2.04 bits per heavy atom. The number of amides is 2. The van der Waals surface area contributed by atoms with Gasteiger partial charge in [-0.05, 0) is 61.1 Å². The predicted octanol–water partition coefficient (Wildman–Crippen LogP) is 3.45. The molecule has 0 radical (unpaired) electrons. The highest BCUT2D eigenvalue weighted by molar-refractivity contribution is 6.03. The number of ketones is 2. The Bertz CT molecular complexity index is 1290. The molecule has 1 atom stereocenters. The van der Waals surface area contributed by atoms with Gasteiger partial charge < -0.3 is 44.2 Å². The lowest BCUT2D eigenvalue weighted by atomic mass is 9.92. The molecule has 2 amide bonds. The molecule has 0 bridgehead atoms. The van der Waals surface area contributed by atoms with Crippen molar-refractivity contribution in [3.8, 4) is 17.6 Å². The third-order valence-electron chi connectivity index (χ3n) is 7.29. The average Bonchev–Trinajstić information content (AvgIpc) is 3.09. The molecular formula is C39H60N2O12. The van der Waals surface area contributed by atoms with Crippen LogP contribution in [-0.4, -0.2) is 114 Å². The van der Waals surface area contributed by atoms with Crippen LogP contribution in [0.25, 0.3) is 0 Å². The molecule has 0 saturated heterocycles. The zero-order chi connectivity index (χ0) is 39.1. The van der Waals surface area contributed by atoms with Crippen molar-refractivity contribution >= 4 is 35.0 Å². The largest absolute Gasteiger partial charge is 0.424 e. The number of hydrogen-bond acceptors (Lipinski definition) is 12. The topological polar surface area (TPSA) is 185 Å². The fraction of sp³-hybridized carbons (Fsp3) is 0.667. The first-order valence-corrected chi connectivity index (χ1v) is 18.4. The summed E-state index contributed by atoms with van der Waals surface area (Å²) in [5.74, 6) is 4.25. The zero-order valence-corrected chi connectivity index (χ0v) is 32.0. The predicted molar refractivity (Wildman–Crippen MR) is 198 cm³/mol.